The Kier molecular flexibility index (Phi) is 6.10. The van der Waals surface area contributed by atoms with E-state index < -0.39 is 0 Å². The number of nitrogen functional groups attached to an aromatic ring is 1. The standard InChI is InChI=1S/C20H26N8/c1-25-10-13(9-21)18-8-15(16(23)11-26-18)20(24)17-5-2-6-19(27-17)28-7-3-4-14(22)12-28/h2,5-6,8-11,13-14,21,24H,3-4,7,12,22-23H2,1H3. The van der Waals surface area contributed by atoms with E-state index in [9.17, 15) is 0 Å². The van der Waals surface area contributed by atoms with E-state index in [4.69, 9.17) is 22.3 Å². The summed E-state index contributed by atoms with van der Waals surface area (Å²) in [5.74, 6) is 0.465. The first-order chi connectivity index (χ1) is 13.5. The molecule has 3 heterocycles. The first-order valence-electron chi connectivity index (χ1n) is 9.28. The number of piperidine rings is 1. The van der Waals surface area contributed by atoms with Gasteiger partial charge in [-0.2, -0.15) is 0 Å². The third-order valence-electron chi connectivity index (χ3n) is 4.83. The van der Waals surface area contributed by atoms with E-state index in [1.54, 1.807) is 25.4 Å². The van der Waals surface area contributed by atoms with Crippen molar-refractivity contribution in [1.29, 1.82) is 10.8 Å². The Morgan fingerprint density at radius 2 is 2.25 bits per heavy atom. The molecule has 0 spiro atoms. The third-order valence-corrected chi connectivity index (χ3v) is 4.83. The second-order valence-corrected chi connectivity index (χ2v) is 6.90. The van der Waals surface area contributed by atoms with Crippen LogP contribution in [0.25, 0.3) is 0 Å². The van der Waals surface area contributed by atoms with E-state index in [0.29, 0.717) is 22.6 Å². The molecule has 2 unspecified atom stereocenters. The Balaban J connectivity index is 1.92. The number of pyridine rings is 2. The summed E-state index contributed by atoms with van der Waals surface area (Å²) in [7, 11) is 1.65. The molecule has 3 rings (SSSR count). The molecule has 1 saturated heterocycles. The monoisotopic (exact) mass is 378 g/mol. The largest absolute Gasteiger partial charge is 0.397 e. The molecule has 2 atom stereocenters. The fourth-order valence-electron chi connectivity index (χ4n) is 3.34. The molecule has 146 valence electrons. The van der Waals surface area contributed by atoms with Crippen molar-refractivity contribution >= 4 is 29.6 Å². The maximum Gasteiger partial charge on any atom is 0.129 e. The van der Waals surface area contributed by atoms with Crippen LogP contribution in [0.15, 0.2) is 35.5 Å². The Morgan fingerprint density at radius 1 is 1.43 bits per heavy atom. The Morgan fingerprint density at radius 3 is 2.96 bits per heavy atom. The van der Waals surface area contributed by atoms with Crippen molar-refractivity contribution in [2.45, 2.75) is 24.8 Å². The van der Waals surface area contributed by atoms with Crippen molar-refractivity contribution < 1.29 is 0 Å². The Hall–Kier alpha value is -3.13. The highest BCUT2D eigenvalue weighted by molar-refractivity contribution is 6.13. The van der Waals surface area contributed by atoms with Crippen LogP contribution in [0, 0.1) is 10.8 Å². The van der Waals surface area contributed by atoms with Crippen molar-refractivity contribution in [3.63, 3.8) is 0 Å². The van der Waals surface area contributed by atoms with Gasteiger partial charge in [0.05, 0.1) is 34.9 Å². The normalized spacial score (nSPS) is 18.2. The summed E-state index contributed by atoms with van der Waals surface area (Å²) in [5.41, 5.74) is 14.5. The van der Waals surface area contributed by atoms with Gasteiger partial charge in [-0.05, 0) is 31.0 Å². The fourth-order valence-corrected chi connectivity index (χ4v) is 3.34. The molecule has 1 fully saturated rings. The van der Waals surface area contributed by atoms with Gasteiger partial charge in [-0.25, -0.2) is 4.98 Å². The lowest BCUT2D eigenvalue weighted by Crippen LogP contribution is -2.43. The Labute approximate surface area is 164 Å². The number of rotatable bonds is 6. The summed E-state index contributed by atoms with van der Waals surface area (Å²) in [5, 5.41) is 16.2. The maximum atomic E-state index is 8.65. The summed E-state index contributed by atoms with van der Waals surface area (Å²) >= 11 is 0. The summed E-state index contributed by atoms with van der Waals surface area (Å²) < 4.78 is 0. The fraction of sp³-hybridized carbons (Fsp3) is 0.350. The molecule has 0 saturated carbocycles. The second kappa shape index (κ2) is 8.71. The van der Waals surface area contributed by atoms with Crippen LogP contribution in [-0.2, 0) is 0 Å². The smallest absolute Gasteiger partial charge is 0.129 e. The minimum Gasteiger partial charge on any atom is -0.397 e. The highest BCUT2D eigenvalue weighted by atomic mass is 15.2. The number of aromatic nitrogens is 2. The van der Waals surface area contributed by atoms with E-state index in [-0.39, 0.29) is 17.7 Å². The van der Waals surface area contributed by atoms with E-state index in [2.05, 4.69) is 19.9 Å². The van der Waals surface area contributed by atoms with E-state index in [1.807, 2.05) is 12.1 Å². The van der Waals surface area contributed by atoms with Gasteiger partial charge in [0.2, 0.25) is 0 Å². The highest BCUT2D eigenvalue weighted by Gasteiger charge is 2.20. The SMILES string of the molecule is CN=CC(C=N)c1cc(C(=N)c2cccc(N3CCCC(N)C3)n2)c(N)cn1. The summed E-state index contributed by atoms with van der Waals surface area (Å²) in [6.45, 7) is 1.68. The van der Waals surface area contributed by atoms with E-state index >= 15 is 0 Å². The number of hydrogen-bond donors (Lipinski definition) is 4. The molecule has 8 nitrogen and oxygen atoms in total. The molecule has 2 aromatic rings. The lowest BCUT2D eigenvalue weighted by molar-refractivity contribution is 0.503. The average molecular weight is 378 g/mol. The van der Waals surface area contributed by atoms with Gasteiger partial charge in [-0.15, -0.1) is 0 Å². The zero-order valence-corrected chi connectivity index (χ0v) is 16.0. The molecule has 0 aliphatic carbocycles. The lowest BCUT2D eigenvalue weighted by atomic mass is 10.0. The number of nitrogens with zero attached hydrogens (tertiary/aromatic N) is 4. The molecule has 28 heavy (non-hydrogen) atoms. The quantitative estimate of drug-likeness (QED) is 0.568. The van der Waals surface area contributed by atoms with Gasteiger partial charge in [-0.1, -0.05) is 6.07 Å². The zero-order chi connectivity index (χ0) is 20.1. The first kappa shape index (κ1) is 19.6. The van der Waals surface area contributed by atoms with Gasteiger partial charge < -0.3 is 21.8 Å². The highest BCUT2D eigenvalue weighted by Crippen LogP contribution is 2.22. The van der Waals surface area contributed by atoms with Crippen molar-refractivity contribution in [2.75, 3.05) is 30.8 Å². The number of nitrogens with two attached hydrogens (primary N) is 2. The van der Waals surface area contributed by atoms with E-state index in [0.717, 1.165) is 31.7 Å². The van der Waals surface area contributed by atoms with Crippen molar-refractivity contribution in [3.8, 4) is 0 Å². The van der Waals surface area contributed by atoms with Crippen molar-refractivity contribution in [1.82, 2.24) is 9.97 Å². The third kappa shape index (κ3) is 4.23. The summed E-state index contributed by atoms with van der Waals surface area (Å²) in [4.78, 5) is 15.1. The molecule has 0 aromatic carbocycles. The number of aliphatic imine (C=N–C) groups is 1. The zero-order valence-electron chi connectivity index (χ0n) is 16.0. The summed E-state index contributed by atoms with van der Waals surface area (Å²) in [6.07, 6.45) is 6.48. The van der Waals surface area contributed by atoms with Crippen LogP contribution < -0.4 is 16.4 Å². The molecule has 0 amide bonds. The second-order valence-electron chi connectivity index (χ2n) is 6.90. The van der Waals surface area contributed by atoms with Gasteiger partial charge in [-0.3, -0.25) is 15.4 Å². The van der Waals surface area contributed by atoms with Crippen LogP contribution in [0.4, 0.5) is 11.5 Å². The number of nitrogens with one attached hydrogen (secondary N) is 2. The molecule has 0 radical (unpaired) electrons. The molecular weight excluding hydrogens is 352 g/mol. The Bertz CT molecular complexity index is 892. The molecular formula is C20H26N8. The van der Waals surface area contributed by atoms with Crippen LogP contribution in [0.3, 0.4) is 0 Å². The lowest BCUT2D eigenvalue weighted by Gasteiger charge is -2.31. The number of hydrogen-bond acceptors (Lipinski definition) is 8. The summed E-state index contributed by atoms with van der Waals surface area (Å²) in [6, 6.07) is 7.53. The van der Waals surface area contributed by atoms with Gasteiger partial charge in [0.1, 0.15) is 5.82 Å². The molecule has 2 aromatic heterocycles. The molecule has 1 aliphatic heterocycles. The predicted molar refractivity (Wildman–Crippen MR) is 114 cm³/mol. The molecule has 0 bridgehead atoms. The average Bonchev–Trinajstić information content (AvgIpc) is 2.72. The molecule has 1 aliphatic rings. The predicted octanol–water partition coefficient (Wildman–Crippen LogP) is 1.84. The number of anilines is 2. The topological polar surface area (TPSA) is 141 Å². The van der Waals surface area contributed by atoms with Crippen LogP contribution in [0.1, 0.15) is 35.7 Å². The minimum absolute atomic E-state index is 0.148. The molecule has 6 N–H and O–H groups in total. The van der Waals surface area contributed by atoms with E-state index in [1.165, 1.54) is 12.4 Å². The van der Waals surface area contributed by atoms with Gasteiger partial charge >= 0.3 is 0 Å². The van der Waals surface area contributed by atoms with Crippen LogP contribution in [0.2, 0.25) is 0 Å². The van der Waals surface area contributed by atoms with Crippen LogP contribution >= 0.6 is 0 Å². The minimum atomic E-state index is -0.355. The van der Waals surface area contributed by atoms with Gasteiger partial charge in [0.25, 0.3) is 0 Å². The van der Waals surface area contributed by atoms with Crippen molar-refractivity contribution in [3.05, 3.63) is 47.4 Å². The van der Waals surface area contributed by atoms with Gasteiger partial charge in [0, 0.05) is 44.2 Å². The first-order valence-corrected chi connectivity index (χ1v) is 9.28. The maximum absolute atomic E-state index is 8.65. The van der Waals surface area contributed by atoms with Crippen LogP contribution in [0.5, 0.6) is 0 Å². The van der Waals surface area contributed by atoms with Gasteiger partial charge in [0.15, 0.2) is 0 Å². The van der Waals surface area contributed by atoms with Crippen LogP contribution in [-0.4, -0.2) is 54.3 Å². The molecule has 8 heteroatoms. The van der Waals surface area contributed by atoms with Crippen molar-refractivity contribution in [2.24, 2.45) is 10.7 Å².